The van der Waals surface area contributed by atoms with Crippen LogP contribution in [0.15, 0.2) is 0 Å². The van der Waals surface area contributed by atoms with Crippen molar-refractivity contribution < 1.29 is 9.47 Å². The van der Waals surface area contributed by atoms with E-state index in [1.54, 1.807) is 0 Å². The van der Waals surface area contributed by atoms with Gasteiger partial charge in [0.15, 0.2) is 5.79 Å². The van der Waals surface area contributed by atoms with E-state index in [9.17, 15) is 0 Å². The topological polar surface area (TPSA) is 18.5 Å². The van der Waals surface area contributed by atoms with Gasteiger partial charge < -0.3 is 9.47 Å². The molecule has 2 saturated heterocycles. The molecule has 0 aromatic carbocycles. The van der Waals surface area contributed by atoms with Gasteiger partial charge in [0.25, 0.3) is 0 Å². The van der Waals surface area contributed by atoms with Gasteiger partial charge in [-0.25, -0.2) is 0 Å². The first-order valence-corrected chi connectivity index (χ1v) is 7.58. The Bertz CT molecular complexity index is 239. The first-order chi connectivity index (χ1) is 6.78. The molecule has 0 unspecified atom stereocenters. The molecule has 0 aliphatic carbocycles. The van der Waals surface area contributed by atoms with Crippen molar-refractivity contribution in [1.29, 1.82) is 0 Å². The fraction of sp³-hybridized carbons (Fsp3) is 1.00. The molecule has 0 aromatic rings. The van der Waals surface area contributed by atoms with Gasteiger partial charge in [0.2, 0.25) is 0 Å². The lowest BCUT2D eigenvalue weighted by Gasteiger charge is -2.54. The summed E-state index contributed by atoms with van der Waals surface area (Å²) < 4.78 is 11.8. The lowest BCUT2D eigenvalue weighted by Crippen LogP contribution is -2.50. The van der Waals surface area contributed by atoms with Gasteiger partial charge in [-0.1, -0.05) is 27.7 Å². The zero-order valence-corrected chi connectivity index (χ0v) is 11.5. The summed E-state index contributed by atoms with van der Waals surface area (Å²) in [5.41, 5.74) is 0. The molecule has 0 bridgehead atoms. The van der Waals surface area contributed by atoms with Crippen LogP contribution in [0.3, 0.4) is 0 Å². The highest BCUT2D eigenvalue weighted by Crippen LogP contribution is 2.66. The van der Waals surface area contributed by atoms with Crippen LogP contribution in [0.4, 0.5) is 0 Å². The predicted octanol–water partition coefficient (Wildman–Crippen LogP) is 2.11. The normalized spacial score (nSPS) is 33.3. The quantitative estimate of drug-likeness (QED) is 0.467. The highest BCUT2D eigenvalue weighted by Gasteiger charge is 2.54. The highest BCUT2D eigenvalue weighted by atomic mass is 31.1. The lowest BCUT2D eigenvalue weighted by molar-refractivity contribution is -0.178. The second kappa shape index (κ2) is 3.45. The molecule has 2 rings (SSSR count). The summed E-state index contributed by atoms with van der Waals surface area (Å²) in [5.74, 6) is -0.262. The molecule has 2 aliphatic rings. The Balaban J connectivity index is 2.27. The van der Waals surface area contributed by atoms with Crippen molar-refractivity contribution in [3.63, 3.8) is 0 Å². The molecule has 0 saturated carbocycles. The van der Waals surface area contributed by atoms with Crippen molar-refractivity contribution in [3.8, 4) is 0 Å². The van der Waals surface area contributed by atoms with E-state index in [2.05, 4.69) is 35.3 Å². The number of rotatable bonds is 0. The fourth-order valence-corrected chi connectivity index (χ4v) is 5.73. The van der Waals surface area contributed by atoms with Gasteiger partial charge in [0.1, 0.15) is 7.57 Å². The minimum Gasteiger partial charge on any atom is -0.347 e. The first kappa shape index (κ1) is 11.9. The summed E-state index contributed by atoms with van der Waals surface area (Å²) in [6.45, 7) is 11.0. The molecule has 0 aromatic heterocycles. The molecule has 2 nitrogen and oxygen atoms in total. The summed E-state index contributed by atoms with van der Waals surface area (Å²) in [6.07, 6.45) is 2.12. The Labute approximate surface area is 95.2 Å². The predicted molar refractivity (Wildman–Crippen MR) is 67.5 cm³/mol. The Morgan fingerprint density at radius 2 is 1.33 bits per heavy atom. The third-order valence-electron chi connectivity index (χ3n) is 4.03. The van der Waals surface area contributed by atoms with Gasteiger partial charge in [0, 0.05) is 12.8 Å². The van der Waals surface area contributed by atoms with E-state index in [0.29, 0.717) is 10.3 Å². The van der Waals surface area contributed by atoms with E-state index in [-0.39, 0.29) is 13.6 Å². The molecule has 2 fully saturated rings. The van der Waals surface area contributed by atoms with Gasteiger partial charge in [-0.3, -0.25) is 0 Å². The van der Waals surface area contributed by atoms with Gasteiger partial charge in [0.05, 0.1) is 13.2 Å². The maximum atomic E-state index is 5.89. The van der Waals surface area contributed by atoms with Crippen LogP contribution in [0, 0.1) is 0 Å². The van der Waals surface area contributed by atoms with Crippen molar-refractivity contribution in [2.45, 2.75) is 56.6 Å². The monoisotopic (exact) mass is 228 g/mol. The minimum atomic E-state index is -0.262. The van der Waals surface area contributed by atoms with Gasteiger partial charge in [-0.15, -0.1) is 7.80 Å². The second-order valence-corrected chi connectivity index (χ2v) is 9.68. The SMILES string of the molecule is BP1C(C)(C)CC2(CC1(C)C)OCCO2. The Morgan fingerprint density at radius 3 is 1.73 bits per heavy atom. The van der Waals surface area contributed by atoms with Crippen molar-refractivity contribution >= 4 is 15.4 Å². The van der Waals surface area contributed by atoms with Gasteiger partial charge in [-0.05, 0) is 10.3 Å². The van der Waals surface area contributed by atoms with Crippen LogP contribution in [-0.2, 0) is 9.47 Å². The summed E-state index contributed by atoms with van der Waals surface area (Å²) in [6, 6.07) is 0. The molecule has 0 atom stereocenters. The first-order valence-electron chi connectivity index (χ1n) is 5.79. The molecular weight excluding hydrogens is 206 g/mol. The maximum absolute atomic E-state index is 5.89. The maximum Gasteiger partial charge on any atom is 0.170 e. The summed E-state index contributed by atoms with van der Waals surface area (Å²) in [5, 5.41) is 0.725. The average Bonchev–Trinajstić information content (AvgIpc) is 2.47. The molecule has 15 heavy (non-hydrogen) atoms. The number of hydrogen-bond acceptors (Lipinski definition) is 2. The fourth-order valence-electron chi connectivity index (χ4n) is 3.14. The number of ether oxygens (including phenoxy) is 2. The van der Waals surface area contributed by atoms with Crippen LogP contribution in [-0.4, -0.2) is 36.9 Å². The van der Waals surface area contributed by atoms with Crippen LogP contribution in [0.2, 0.25) is 0 Å². The summed E-state index contributed by atoms with van der Waals surface area (Å²) in [7, 11) is 2.45. The molecule has 4 heteroatoms. The van der Waals surface area contributed by atoms with E-state index in [4.69, 9.17) is 9.47 Å². The molecule has 0 amide bonds. The van der Waals surface area contributed by atoms with Crippen LogP contribution >= 0.6 is 7.80 Å². The zero-order valence-electron chi connectivity index (χ0n) is 10.6. The molecule has 2 heterocycles. The van der Waals surface area contributed by atoms with Crippen LogP contribution < -0.4 is 0 Å². The van der Waals surface area contributed by atoms with Crippen molar-refractivity contribution in [2.75, 3.05) is 13.2 Å². The van der Waals surface area contributed by atoms with E-state index in [1.807, 2.05) is 0 Å². The van der Waals surface area contributed by atoms with Crippen molar-refractivity contribution in [1.82, 2.24) is 0 Å². The largest absolute Gasteiger partial charge is 0.347 e. The van der Waals surface area contributed by atoms with E-state index in [0.717, 1.165) is 26.1 Å². The standard InChI is InChI=1S/C11H22BO2P/c1-9(2)7-11(13-5-6-14-11)8-10(3,4)15(9)12/h5-8,12H2,1-4H3. The highest BCUT2D eigenvalue weighted by molar-refractivity contribution is 7.84. The molecular formula is C11H22BO2P. The Hall–Kier alpha value is 0.415. The molecule has 1 spiro atoms. The summed E-state index contributed by atoms with van der Waals surface area (Å²) >= 11 is 0. The zero-order chi connectivity index (χ0) is 11.3. The van der Waals surface area contributed by atoms with Gasteiger partial charge in [-0.2, -0.15) is 0 Å². The molecule has 0 radical (unpaired) electrons. The van der Waals surface area contributed by atoms with Crippen LogP contribution in [0.5, 0.6) is 0 Å². The smallest absolute Gasteiger partial charge is 0.170 e. The molecule has 86 valence electrons. The van der Waals surface area contributed by atoms with E-state index >= 15 is 0 Å². The third-order valence-corrected chi connectivity index (χ3v) is 7.98. The van der Waals surface area contributed by atoms with Crippen LogP contribution in [0.25, 0.3) is 0 Å². The molecule has 0 N–H and O–H groups in total. The van der Waals surface area contributed by atoms with Gasteiger partial charge >= 0.3 is 0 Å². The van der Waals surface area contributed by atoms with Crippen molar-refractivity contribution in [3.05, 3.63) is 0 Å². The minimum absolute atomic E-state index is 0.0197. The van der Waals surface area contributed by atoms with E-state index in [1.165, 1.54) is 0 Å². The lowest BCUT2D eigenvalue weighted by atomic mass is 9.91. The third kappa shape index (κ3) is 1.99. The van der Waals surface area contributed by atoms with E-state index < -0.39 is 0 Å². The summed E-state index contributed by atoms with van der Waals surface area (Å²) in [4.78, 5) is 0. The second-order valence-electron chi connectivity index (χ2n) is 6.15. The Kier molecular flexibility index (Phi) is 2.74. The number of hydrogen-bond donors (Lipinski definition) is 0. The molecule has 2 aliphatic heterocycles. The van der Waals surface area contributed by atoms with Crippen molar-refractivity contribution in [2.24, 2.45) is 0 Å². The van der Waals surface area contributed by atoms with Crippen LogP contribution in [0.1, 0.15) is 40.5 Å². The Morgan fingerprint density at radius 1 is 0.933 bits per heavy atom. The average molecular weight is 228 g/mol.